The molecule has 2 heteroatoms. The number of aromatic nitrogens is 1. The molecule has 1 heterocycles. The Bertz CT molecular complexity index is 352. The van der Waals surface area contributed by atoms with E-state index in [1.807, 2.05) is 0 Å². The molecule has 1 N–H and O–H groups in total. The van der Waals surface area contributed by atoms with Gasteiger partial charge in [-0.3, -0.25) is 0 Å². The third kappa shape index (κ3) is 3.35. The topological polar surface area (TPSA) is 17.0 Å². The van der Waals surface area contributed by atoms with Gasteiger partial charge in [-0.05, 0) is 45.2 Å². The van der Waals surface area contributed by atoms with Gasteiger partial charge in [-0.15, -0.1) is 0 Å². The van der Waals surface area contributed by atoms with Crippen LogP contribution in [0.3, 0.4) is 0 Å². The van der Waals surface area contributed by atoms with Crippen molar-refractivity contribution in [3.8, 4) is 0 Å². The third-order valence-electron chi connectivity index (χ3n) is 4.11. The maximum Gasteiger partial charge on any atom is 0.0225 e. The fourth-order valence-electron chi connectivity index (χ4n) is 2.36. The summed E-state index contributed by atoms with van der Waals surface area (Å²) >= 11 is 0. The largest absolute Gasteiger partial charge is 0.349 e. The first-order valence-corrected chi connectivity index (χ1v) is 6.90. The molecular formula is C15H28N2. The zero-order chi connectivity index (χ0) is 13.0. The van der Waals surface area contributed by atoms with Gasteiger partial charge in [0.2, 0.25) is 0 Å². The van der Waals surface area contributed by atoms with Crippen molar-refractivity contribution in [1.29, 1.82) is 0 Å². The lowest BCUT2D eigenvalue weighted by Crippen LogP contribution is -2.31. The van der Waals surface area contributed by atoms with Crippen LogP contribution in [0.2, 0.25) is 0 Å². The highest BCUT2D eigenvalue weighted by Crippen LogP contribution is 2.15. The van der Waals surface area contributed by atoms with Gasteiger partial charge in [-0.25, -0.2) is 0 Å². The van der Waals surface area contributed by atoms with Gasteiger partial charge in [0.1, 0.15) is 0 Å². The van der Waals surface area contributed by atoms with E-state index in [0.29, 0.717) is 6.04 Å². The van der Waals surface area contributed by atoms with Crippen LogP contribution in [0.25, 0.3) is 0 Å². The number of nitrogens with zero attached hydrogens (tertiary/aromatic N) is 1. The molecule has 0 spiro atoms. The summed E-state index contributed by atoms with van der Waals surface area (Å²) in [7, 11) is 0. The number of hydrogen-bond donors (Lipinski definition) is 1. The van der Waals surface area contributed by atoms with Crippen molar-refractivity contribution >= 4 is 0 Å². The molecular weight excluding hydrogens is 208 g/mol. The highest BCUT2D eigenvalue weighted by molar-refractivity contribution is 5.26. The quantitative estimate of drug-likeness (QED) is 0.798. The lowest BCUT2D eigenvalue weighted by molar-refractivity contribution is 0.389. The van der Waals surface area contributed by atoms with Gasteiger partial charge in [0.25, 0.3) is 0 Å². The molecule has 0 radical (unpaired) electrons. The first-order valence-electron chi connectivity index (χ1n) is 6.90. The summed E-state index contributed by atoms with van der Waals surface area (Å²) in [6.45, 7) is 15.5. The molecule has 1 rings (SSSR count). The zero-order valence-corrected chi connectivity index (χ0v) is 12.3. The molecule has 0 fully saturated rings. The van der Waals surface area contributed by atoms with E-state index in [4.69, 9.17) is 0 Å². The first kappa shape index (κ1) is 14.3. The van der Waals surface area contributed by atoms with Crippen molar-refractivity contribution in [3.63, 3.8) is 0 Å². The summed E-state index contributed by atoms with van der Waals surface area (Å²) < 4.78 is 2.38. The summed E-state index contributed by atoms with van der Waals surface area (Å²) in [6.07, 6.45) is 1.24. The Labute approximate surface area is 106 Å². The van der Waals surface area contributed by atoms with Gasteiger partial charge in [-0.2, -0.15) is 0 Å². The van der Waals surface area contributed by atoms with Crippen LogP contribution in [-0.4, -0.2) is 10.6 Å². The van der Waals surface area contributed by atoms with E-state index in [-0.39, 0.29) is 0 Å². The fourth-order valence-corrected chi connectivity index (χ4v) is 2.36. The maximum atomic E-state index is 3.64. The maximum absolute atomic E-state index is 3.64. The Hall–Kier alpha value is -0.760. The SMILES string of the molecule is CCC(C)C(C)NCc1cc(C)n(CC)c1C. The summed E-state index contributed by atoms with van der Waals surface area (Å²) in [5, 5.41) is 3.64. The zero-order valence-electron chi connectivity index (χ0n) is 12.3. The van der Waals surface area contributed by atoms with Crippen molar-refractivity contribution in [2.75, 3.05) is 0 Å². The van der Waals surface area contributed by atoms with E-state index >= 15 is 0 Å². The lowest BCUT2D eigenvalue weighted by Gasteiger charge is -2.20. The van der Waals surface area contributed by atoms with Crippen LogP contribution in [-0.2, 0) is 13.1 Å². The second-order valence-electron chi connectivity index (χ2n) is 5.20. The number of rotatable bonds is 6. The Morgan fingerprint density at radius 2 is 1.88 bits per heavy atom. The number of hydrogen-bond acceptors (Lipinski definition) is 1. The van der Waals surface area contributed by atoms with E-state index in [9.17, 15) is 0 Å². The van der Waals surface area contributed by atoms with E-state index in [1.165, 1.54) is 23.4 Å². The number of aryl methyl sites for hydroxylation is 1. The third-order valence-corrected chi connectivity index (χ3v) is 4.11. The molecule has 98 valence electrons. The molecule has 2 atom stereocenters. The molecule has 1 aromatic heterocycles. The van der Waals surface area contributed by atoms with Crippen molar-refractivity contribution < 1.29 is 0 Å². The minimum absolute atomic E-state index is 0.588. The van der Waals surface area contributed by atoms with Crippen molar-refractivity contribution in [3.05, 3.63) is 23.0 Å². The molecule has 0 aliphatic heterocycles. The average Bonchev–Trinajstić information content (AvgIpc) is 2.59. The second kappa shape index (κ2) is 6.25. The highest BCUT2D eigenvalue weighted by Gasteiger charge is 2.12. The monoisotopic (exact) mass is 236 g/mol. The van der Waals surface area contributed by atoms with E-state index < -0.39 is 0 Å². The Balaban J connectivity index is 2.64. The van der Waals surface area contributed by atoms with Crippen LogP contribution >= 0.6 is 0 Å². The number of nitrogens with one attached hydrogen (secondary N) is 1. The van der Waals surface area contributed by atoms with Gasteiger partial charge >= 0.3 is 0 Å². The molecule has 0 aromatic carbocycles. The van der Waals surface area contributed by atoms with Gasteiger partial charge in [-0.1, -0.05) is 20.3 Å². The molecule has 0 amide bonds. The first-order chi connectivity index (χ1) is 8.01. The van der Waals surface area contributed by atoms with E-state index in [1.54, 1.807) is 0 Å². The molecule has 2 nitrogen and oxygen atoms in total. The lowest BCUT2D eigenvalue weighted by atomic mass is 10.0. The Kier molecular flexibility index (Phi) is 5.26. The molecule has 0 saturated heterocycles. The summed E-state index contributed by atoms with van der Waals surface area (Å²) in [5.74, 6) is 0.740. The van der Waals surface area contributed by atoms with Gasteiger partial charge in [0, 0.05) is 30.5 Å². The summed E-state index contributed by atoms with van der Waals surface area (Å²) in [6, 6.07) is 2.90. The van der Waals surface area contributed by atoms with E-state index in [0.717, 1.165) is 19.0 Å². The predicted molar refractivity (Wildman–Crippen MR) is 75.3 cm³/mol. The summed E-state index contributed by atoms with van der Waals surface area (Å²) in [5.41, 5.74) is 4.23. The smallest absolute Gasteiger partial charge is 0.0225 e. The van der Waals surface area contributed by atoms with Crippen molar-refractivity contribution in [2.45, 2.75) is 67.1 Å². The van der Waals surface area contributed by atoms with Crippen LogP contribution in [0.4, 0.5) is 0 Å². The van der Waals surface area contributed by atoms with E-state index in [2.05, 4.69) is 57.5 Å². The molecule has 0 saturated carbocycles. The Morgan fingerprint density at radius 1 is 1.24 bits per heavy atom. The molecule has 0 bridgehead atoms. The standard InChI is InChI=1S/C15H28N2/c1-7-11(3)13(5)16-10-15-9-12(4)17(8-2)14(15)6/h9,11,13,16H,7-8,10H2,1-6H3. The summed E-state index contributed by atoms with van der Waals surface area (Å²) in [4.78, 5) is 0. The molecule has 2 unspecified atom stereocenters. The molecule has 1 aromatic rings. The van der Waals surface area contributed by atoms with Crippen molar-refractivity contribution in [1.82, 2.24) is 9.88 Å². The highest BCUT2D eigenvalue weighted by atomic mass is 15.0. The van der Waals surface area contributed by atoms with Crippen molar-refractivity contribution in [2.24, 2.45) is 5.92 Å². The van der Waals surface area contributed by atoms with Gasteiger partial charge < -0.3 is 9.88 Å². The molecule has 0 aliphatic carbocycles. The molecule has 0 aliphatic rings. The van der Waals surface area contributed by atoms with Crippen LogP contribution in [0, 0.1) is 19.8 Å². The normalized spacial score (nSPS) is 14.9. The average molecular weight is 236 g/mol. The van der Waals surface area contributed by atoms with Crippen LogP contribution in [0.15, 0.2) is 6.07 Å². The van der Waals surface area contributed by atoms with Gasteiger partial charge in [0.15, 0.2) is 0 Å². The predicted octanol–water partition coefficient (Wildman–Crippen LogP) is 3.65. The van der Waals surface area contributed by atoms with Crippen LogP contribution in [0.5, 0.6) is 0 Å². The Morgan fingerprint density at radius 3 is 2.35 bits per heavy atom. The minimum Gasteiger partial charge on any atom is -0.349 e. The van der Waals surface area contributed by atoms with Gasteiger partial charge in [0.05, 0.1) is 0 Å². The van der Waals surface area contributed by atoms with Crippen LogP contribution < -0.4 is 5.32 Å². The minimum atomic E-state index is 0.588. The second-order valence-corrected chi connectivity index (χ2v) is 5.20. The van der Waals surface area contributed by atoms with Crippen LogP contribution in [0.1, 0.15) is 51.1 Å². The fraction of sp³-hybridized carbons (Fsp3) is 0.733. The molecule has 17 heavy (non-hydrogen) atoms.